The Kier molecular flexibility index (Phi) is 4.84. The average molecular weight is 216 g/mol. The number of likely N-dealkylation sites (N-methyl/N-ethyl adjacent to an activating group) is 1. The highest BCUT2D eigenvalue weighted by atomic mass is 16.5. The van der Waals surface area contributed by atoms with Crippen molar-refractivity contribution in [2.45, 2.75) is 20.0 Å². The highest BCUT2D eigenvalue weighted by Gasteiger charge is 2.24. The summed E-state index contributed by atoms with van der Waals surface area (Å²) in [6.07, 6.45) is -0.822. The summed E-state index contributed by atoms with van der Waals surface area (Å²) in [7, 11) is 0. The zero-order valence-corrected chi connectivity index (χ0v) is 9.48. The van der Waals surface area contributed by atoms with Crippen LogP contribution in [0.2, 0.25) is 0 Å². The number of nitrogens with zero attached hydrogens (tertiary/aromatic N) is 2. The number of hydrogen-bond acceptors (Lipinski definition) is 3. The van der Waals surface area contributed by atoms with Gasteiger partial charge in [0.05, 0.1) is 19.3 Å². The summed E-state index contributed by atoms with van der Waals surface area (Å²) in [6.45, 7) is 8.46. The van der Waals surface area contributed by atoms with Crippen LogP contribution >= 0.6 is 0 Å². The predicted octanol–water partition coefficient (Wildman–Crippen LogP) is 0.707. The van der Waals surface area contributed by atoms with Crippen molar-refractivity contribution >= 4 is 6.09 Å². The van der Waals surface area contributed by atoms with Crippen LogP contribution in [0.15, 0.2) is 0 Å². The third-order valence-electron chi connectivity index (χ3n) is 2.77. The van der Waals surface area contributed by atoms with Gasteiger partial charge in [-0.2, -0.15) is 0 Å². The van der Waals surface area contributed by atoms with Gasteiger partial charge in [-0.05, 0) is 13.1 Å². The van der Waals surface area contributed by atoms with Crippen molar-refractivity contribution in [1.29, 1.82) is 0 Å². The molecule has 0 spiro atoms. The molecule has 1 atom stereocenters. The smallest absolute Gasteiger partial charge is 0.407 e. The van der Waals surface area contributed by atoms with Gasteiger partial charge in [-0.3, -0.25) is 0 Å². The maximum absolute atomic E-state index is 10.8. The van der Waals surface area contributed by atoms with Crippen LogP contribution in [0.1, 0.15) is 13.8 Å². The second kappa shape index (κ2) is 5.92. The molecule has 0 aliphatic carbocycles. The number of carboxylic acid groups (broad SMARTS) is 1. The number of morpholine rings is 1. The zero-order valence-electron chi connectivity index (χ0n) is 9.48. The summed E-state index contributed by atoms with van der Waals surface area (Å²) in [6, 6.07) is 0. The Hall–Kier alpha value is -0.810. The molecular weight excluding hydrogens is 196 g/mol. The Labute approximate surface area is 90.6 Å². The topological polar surface area (TPSA) is 53.0 Å². The maximum Gasteiger partial charge on any atom is 0.407 e. The lowest BCUT2D eigenvalue weighted by atomic mass is 10.2. The highest BCUT2D eigenvalue weighted by molar-refractivity contribution is 5.65. The first-order valence-electron chi connectivity index (χ1n) is 5.49. The first kappa shape index (κ1) is 12.3. The van der Waals surface area contributed by atoms with Gasteiger partial charge in [0.25, 0.3) is 0 Å². The molecule has 0 bridgehead atoms. The largest absolute Gasteiger partial charge is 0.465 e. The fourth-order valence-corrected chi connectivity index (χ4v) is 1.77. The fraction of sp³-hybridized carbons (Fsp3) is 0.900. The molecule has 5 nitrogen and oxygen atoms in total. The van der Waals surface area contributed by atoms with Crippen molar-refractivity contribution in [2.24, 2.45) is 0 Å². The lowest BCUT2D eigenvalue weighted by molar-refractivity contribution is -0.0356. The zero-order chi connectivity index (χ0) is 11.3. The van der Waals surface area contributed by atoms with Gasteiger partial charge in [-0.1, -0.05) is 13.8 Å². The molecule has 5 heteroatoms. The minimum absolute atomic E-state index is 0.0229. The first-order valence-corrected chi connectivity index (χ1v) is 5.49. The Bertz CT molecular complexity index is 207. The second-order valence-corrected chi connectivity index (χ2v) is 3.71. The van der Waals surface area contributed by atoms with Gasteiger partial charge in [0.15, 0.2) is 0 Å². The molecule has 1 heterocycles. The third-order valence-corrected chi connectivity index (χ3v) is 2.77. The molecule has 0 aromatic heterocycles. The number of rotatable bonds is 4. The fourth-order valence-electron chi connectivity index (χ4n) is 1.77. The SMILES string of the molecule is CCN(CC)CC1CN(C(=O)O)CCO1. The van der Waals surface area contributed by atoms with E-state index in [4.69, 9.17) is 9.84 Å². The molecule has 0 saturated carbocycles. The van der Waals surface area contributed by atoms with Gasteiger partial charge >= 0.3 is 6.09 Å². The van der Waals surface area contributed by atoms with Gasteiger partial charge in [-0.15, -0.1) is 0 Å². The number of amides is 1. The van der Waals surface area contributed by atoms with E-state index in [1.807, 2.05) is 0 Å². The molecule has 1 saturated heterocycles. The molecule has 0 aromatic rings. The molecule has 0 radical (unpaired) electrons. The summed E-state index contributed by atoms with van der Waals surface area (Å²) in [5.74, 6) is 0. The van der Waals surface area contributed by atoms with E-state index in [9.17, 15) is 4.79 Å². The Morgan fingerprint density at radius 2 is 2.20 bits per heavy atom. The lowest BCUT2D eigenvalue weighted by Gasteiger charge is -2.33. The number of ether oxygens (including phenoxy) is 1. The number of carbonyl (C=O) groups is 1. The Balaban J connectivity index is 2.38. The summed E-state index contributed by atoms with van der Waals surface area (Å²) in [5, 5.41) is 8.86. The molecule has 1 fully saturated rings. The Morgan fingerprint density at radius 1 is 1.53 bits per heavy atom. The molecule has 1 aliphatic heterocycles. The predicted molar refractivity (Wildman–Crippen MR) is 57.1 cm³/mol. The molecule has 1 unspecified atom stereocenters. The van der Waals surface area contributed by atoms with Crippen LogP contribution in [0, 0.1) is 0 Å². The van der Waals surface area contributed by atoms with E-state index in [2.05, 4.69) is 18.7 Å². The minimum Gasteiger partial charge on any atom is -0.465 e. The number of hydrogen-bond donors (Lipinski definition) is 1. The van der Waals surface area contributed by atoms with Crippen LogP contribution in [-0.2, 0) is 4.74 Å². The van der Waals surface area contributed by atoms with Gasteiger partial charge in [-0.25, -0.2) is 4.79 Å². The van der Waals surface area contributed by atoms with Gasteiger partial charge in [0.1, 0.15) is 0 Å². The van der Waals surface area contributed by atoms with E-state index in [0.717, 1.165) is 19.6 Å². The van der Waals surface area contributed by atoms with Crippen LogP contribution in [0.3, 0.4) is 0 Å². The van der Waals surface area contributed by atoms with E-state index in [-0.39, 0.29) is 6.10 Å². The summed E-state index contributed by atoms with van der Waals surface area (Å²) in [5.41, 5.74) is 0. The average Bonchev–Trinajstić information content (AvgIpc) is 2.26. The van der Waals surface area contributed by atoms with Crippen molar-refractivity contribution in [1.82, 2.24) is 9.80 Å². The van der Waals surface area contributed by atoms with Crippen molar-refractivity contribution in [3.8, 4) is 0 Å². The molecule has 15 heavy (non-hydrogen) atoms. The summed E-state index contributed by atoms with van der Waals surface area (Å²) >= 11 is 0. The minimum atomic E-state index is -0.845. The molecule has 0 aromatic carbocycles. The molecule has 1 amide bonds. The maximum atomic E-state index is 10.8. The van der Waals surface area contributed by atoms with Crippen LogP contribution < -0.4 is 0 Å². The van der Waals surface area contributed by atoms with E-state index in [1.54, 1.807) is 0 Å². The van der Waals surface area contributed by atoms with Crippen molar-refractivity contribution in [3.05, 3.63) is 0 Å². The van der Waals surface area contributed by atoms with Crippen LogP contribution in [0.4, 0.5) is 4.79 Å². The highest BCUT2D eigenvalue weighted by Crippen LogP contribution is 2.07. The second-order valence-electron chi connectivity index (χ2n) is 3.71. The molecule has 1 N–H and O–H groups in total. The van der Waals surface area contributed by atoms with Crippen LogP contribution in [0.25, 0.3) is 0 Å². The van der Waals surface area contributed by atoms with E-state index < -0.39 is 6.09 Å². The van der Waals surface area contributed by atoms with Crippen LogP contribution in [-0.4, -0.2) is 66.4 Å². The van der Waals surface area contributed by atoms with Gasteiger partial charge in [0, 0.05) is 13.1 Å². The molecule has 1 aliphatic rings. The lowest BCUT2D eigenvalue weighted by Crippen LogP contribution is -2.49. The third kappa shape index (κ3) is 3.68. The van der Waals surface area contributed by atoms with Gasteiger partial charge < -0.3 is 19.6 Å². The molecular formula is C10H20N2O3. The quantitative estimate of drug-likeness (QED) is 0.752. The normalized spacial score (nSPS) is 22.1. The van der Waals surface area contributed by atoms with Crippen LogP contribution in [0.5, 0.6) is 0 Å². The van der Waals surface area contributed by atoms with Crippen molar-refractivity contribution in [3.63, 3.8) is 0 Å². The first-order chi connectivity index (χ1) is 7.17. The van der Waals surface area contributed by atoms with Crippen molar-refractivity contribution < 1.29 is 14.6 Å². The standard InChI is InChI=1S/C10H20N2O3/c1-3-11(4-2)7-9-8-12(10(13)14)5-6-15-9/h9H,3-8H2,1-2H3,(H,13,14). The van der Waals surface area contributed by atoms with E-state index in [1.165, 1.54) is 4.90 Å². The Morgan fingerprint density at radius 3 is 2.73 bits per heavy atom. The van der Waals surface area contributed by atoms with E-state index in [0.29, 0.717) is 19.7 Å². The van der Waals surface area contributed by atoms with Crippen molar-refractivity contribution in [2.75, 3.05) is 39.3 Å². The van der Waals surface area contributed by atoms with Gasteiger partial charge in [0.2, 0.25) is 0 Å². The molecule has 88 valence electrons. The summed E-state index contributed by atoms with van der Waals surface area (Å²) in [4.78, 5) is 14.5. The van der Waals surface area contributed by atoms with E-state index >= 15 is 0 Å². The summed E-state index contributed by atoms with van der Waals surface area (Å²) < 4.78 is 5.55. The molecule has 1 rings (SSSR count). The monoisotopic (exact) mass is 216 g/mol.